The van der Waals surface area contributed by atoms with Crippen LogP contribution in [0, 0.1) is 12.8 Å². The van der Waals surface area contributed by atoms with Crippen LogP contribution >= 0.6 is 15.9 Å². The van der Waals surface area contributed by atoms with Gasteiger partial charge in [0.05, 0.1) is 6.61 Å². The molecule has 1 aromatic heterocycles. The zero-order valence-corrected chi connectivity index (χ0v) is 13.4. The first-order valence-electron chi connectivity index (χ1n) is 6.38. The maximum absolute atomic E-state index is 12.0. The van der Waals surface area contributed by atoms with Crippen LogP contribution in [0.3, 0.4) is 0 Å². The van der Waals surface area contributed by atoms with Crippen molar-refractivity contribution in [1.29, 1.82) is 0 Å². The van der Waals surface area contributed by atoms with E-state index in [1.165, 1.54) is 4.57 Å². The number of rotatable bonds is 5. The molecule has 0 N–H and O–H groups in total. The van der Waals surface area contributed by atoms with Crippen molar-refractivity contribution in [3.05, 3.63) is 32.7 Å². The molecule has 0 amide bonds. The van der Waals surface area contributed by atoms with E-state index in [1.54, 1.807) is 26.1 Å². The van der Waals surface area contributed by atoms with Crippen molar-refractivity contribution in [1.82, 2.24) is 4.57 Å². The van der Waals surface area contributed by atoms with Gasteiger partial charge >= 0.3 is 5.97 Å². The minimum atomic E-state index is -0.615. The van der Waals surface area contributed by atoms with Crippen molar-refractivity contribution in [2.45, 2.75) is 40.2 Å². The van der Waals surface area contributed by atoms with E-state index in [0.29, 0.717) is 18.1 Å². The van der Waals surface area contributed by atoms with Crippen LogP contribution in [-0.2, 0) is 9.53 Å². The number of ether oxygens (including phenoxy) is 1. The van der Waals surface area contributed by atoms with Gasteiger partial charge in [-0.15, -0.1) is 0 Å². The highest BCUT2D eigenvalue weighted by molar-refractivity contribution is 9.10. The molecule has 0 aromatic carbocycles. The third-order valence-corrected chi connectivity index (χ3v) is 3.32. The fraction of sp³-hybridized carbons (Fsp3) is 0.571. The lowest BCUT2D eigenvalue weighted by Gasteiger charge is -2.16. The summed E-state index contributed by atoms with van der Waals surface area (Å²) in [6.45, 7) is 7.92. The molecule has 1 heterocycles. The number of aromatic nitrogens is 1. The lowest BCUT2D eigenvalue weighted by Crippen LogP contribution is -2.30. The second kappa shape index (κ2) is 6.89. The summed E-state index contributed by atoms with van der Waals surface area (Å²) in [6.07, 6.45) is 2.44. The molecule has 19 heavy (non-hydrogen) atoms. The minimum Gasteiger partial charge on any atom is -0.464 e. The van der Waals surface area contributed by atoms with E-state index in [2.05, 4.69) is 29.8 Å². The number of carbonyl (C=O) groups excluding carboxylic acids is 1. The van der Waals surface area contributed by atoms with Crippen LogP contribution < -0.4 is 5.56 Å². The molecule has 0 aliphatic carbocycles. The summed E-state index contributed by atoms with van der Waals surface area (Å²) < 4.78 is 7.36. The molecule has 1 aromatic rings. The van der Waals surface area contributed by atoms with Crippen molar-refractivity contribution < 1.29 is 9.53 Å². The van der Waals surface area contributed by atoms with Crippen LogP contribution in [0.5, 0.6) is 0 Å². The van der Waals surface area contributed by atoms with E-state index < -0.39 is 6.04 Å². The Hall–Kier alpha value is -1.10. The third kappa shape index (κ3) is 4.49. The first-order valence-corrected chi connectivity index (χ1v) is 7.17. The number of nitrogens with zero attached hydrogens (tertiary/aromatic N) is 1. The predicted octanol–water partition coefficient (Wildman–Crippen LogP) is 3.07. The van der Waals surface area contributed by atoms with Crippen LogP contribution in [0.2, 0.25) is 0 Å². The number of hydrogen-bond acceptors (Lipinski definition) is 3. The largest absolute Gasteiger partial charge is 0.464 e. The van der Waals surface area contributed by atoms with Crippen LogP contribution in [0.25, 0.3) is 0 Å². The molecule has 106 valence electrons. The van der Waals surface area contributed by atoms with Crippen molar-refractivity contribution in [3.63, 3.8) is 0 Å². The maximum Gasteiger partial charge on any atom is 0.328 e. The summed E-state index contributed by atoms with van der Waals surface area (Å²) >= 11 is 3.32. The molecule has 0 spiro atoms. The van der Waals surface area contributed by atoms with Crippen LogP contribution in [0.15, 0.2) is 21.5 Å². The lowest BCUT2D eigenvalue weighted by atomic mass is 10.1. The molecule has 1 atom stereocenters. The van der Waals surface area contributed by atoms with Gasteiger partial charge in [-0.25, -0.2) is 4.79 Å². The number of hydrogen-bond donors (Lipinski definition) is 0. The van der Waals surface area contributed by atoms with Gasteiger partial charge in [-0.05, 0) is 48.2 Å². The number of carbonyl (C=O) groups is 1. The van der Waals surface area contributed by atoms with Gasteiger partial charge in [0.15, 0.2) is 0 Å². The standard InChI is InChI=1S/C14H20BrNO3/c1-9(2)5-6-19-14(18)11(4)16-8-12(15)7-10(3)13(16)17/h7-9,11H,5-6H2,1-4H3. The molecule has 5 heteroatoms. The van der Waals surface area contributed by atoms with Gasteiger partial charge in [-0.1, -0.05) is 13.8 Å². The molecule has 0 saturated carbocycles. The van der Waals surface area contributed by atoms with Crippen LogP contribution in [-0.4, -0.2) is 17.1 Å². The van der Waals surface area contributed by atoms with Gasteiger partial charge in [0, 0.05) is 16.2 Å². The summed E-state index contributed by atoms with van der Waals surface area (Å²) in [6, 6.07) is 1.12. The van der Waals surface area contributed by atoms with Gasteiger partial charge in [0.2, 0.25) is 0 Å². The fourth-order valence-electron chi connectivity index (χ4n) is 1.62. The summed E-state index contributed by atoms with van der Waals surface area (Å²) in [4.78, 5) is 23.9. The molecule has 1 rings (SSSR count). The first-order chi connectivity index (χ1) is 8.82. The highest BCUT2D eigenvalue weighted by Crippen LogP contribution is 2.13. The monoisotopic (exact) mass is 329 g/mol. The summed E-state index contributed by atoms with van der Waals surface area (Å²) in [5.41, 5.74) is 0.424. The molecule has 0 fully saturated rings. The molecular weight excluding hydrogens is 310 g/mol. The van der Waals surface area contributed by atoms with Crippen molar-refractivity contribution >= 4 is 21.9 Å². The Morgan fingerprint density at radius 3 is 2.63 bits per heavy atom. The molecular formula is C14H20BrNO3. The molecule has 0 radical (unpaired) electrons. The zero-order chi connectivity index (χ0) is 14.6. The van der Waals surface area contributed by atoms with Crippen molar-refractivity contribution in [2.24, 2.45) is 5.92 Å². The molecule has 0 aliphatic rings. The highest BCUT2D eigenvalue weighted by Gasteiger charge is 2.18. The smallest absolute Gasteiger partial charge is 0.328 e. The Morgan fingerprint density at radius 2 is 2.05 bits per heavy atom. The fourth-order valence-corrected chi connectivity index (χ4v) is 2.18. The van der Waals surface area contributed by atoms with Crippen molar-refractivity contribution in [2.75, 3.05) is 6.61 Å². The van der Waals surface area contributed by atoms with Crippen molar-refractivity contribution in [3.8, 4) is 0 Å². The quantitative estimate of drug-likeness (QED) is 0.780. The van der Waals surface area contributed by atoms with Gasteiger partial charge < -0.3 is 9.30 Å². The molecule has 0 bridgehead atoms. The second-order valence-electron chi connectivity index (χ2n) is 5.08. The average Bonchev–Trinajstić information content (AvgIpc) is 2.32. The Balaban J connectivity index is 2.80. The van der Waals surface area contributed by atoms with E-state index in [4.69, 9.17) is 4.74 Å². The van der Waals surface area contributed by atoms with E-state index in [0.717, 1.165) is 10.9 Å². The number of esters is 1. The number of pyridine rings is 1. The van der Waals surface area contributed by atoms with E-state index in [-0.39, 0.29) is 11.5 Å². The molecule has 4 nitrogen and oxygen atoms in total. The van der Waals surface area contributed by atoms with Crippen LogP contribution in [0.4, 0.5) is 0 Å². The maximum atomic E-state index is 12.0. The number of aryl methyl sites for hydroxylation is 1. The number of halogens is 1. The average molecular weight is 330 g/mol. The Kier molecular flexibility index (Phi) is 5.79. The second-order valence-corrected chi connectivity index (χ2v) is 6.00. The minimum absolute atomic E-state index is 0.170. The van der Waals surface area contributed by atoms with Gasteiger partial charge in [-0.2, -0.15) is 0 Å². The van der Waals surface area contributed by atoms with Gasteiger partial charge in [0.1, 0.15) is 6.04 Å². The van der Waals surface area contributed by atoms with E-state index >= 15 is 0 Å². The predicted molar refractivity (Wildman–Crippen MR) is 78.3 cm³/mol. The van der Waals surface area contributed by atoms with E-state index in [1.807, 2.05) is 0 Å². The van der Waals surface area contributed by atoms with E-state index in [9.17, 15) is 9.59 Å². The Morgan fingerprint density at radius 1 is 1.42 bits per heavy atom. The lowest BCUT2D eigenvalue weighted by molar-refractivity contribution is -0.147. The first kappa shape index (κ1) is 16.0. The zero-order valence-electron chi connectivity index (χ0n) is 11.8. The highest BCUT2D eigenvalue weighted by atomic mass is 79.9. The van der Waals surface area contributed by atoms with Crippen LogP contribution in [0.1, 0.15) is 38.8 Å². The molecule has 0 saturated heterocycles. The summed E-state index contributed by atoms with van der Waals surface area (Å²) in [5, 5.41) is 0. The summed E-state index contributed by atoms with van der Waals surface area (Å²) in [7, 11) is 0. The molecule has 1 unspecified atom stereocenters. The Bertz CT molecular complexity index is 508. The SMILES string of the molecule is Cc1cc(Br)cn(C(C)C(=O)OCCC(C)C)c1=O. The third-order valence-electron chi connectivity index (χ3n) is 2.89. The topological polar surface area (TPSA) is 48.3 Å². The molecule has 0 aliphatic heterocycles. The summed E-state index contributed by atoms with van der Waals surface area (Å²) in [5.74, 6) is 0.110. The van der Waals surface area contributed by atoms with Gasteiger partial charge in [0.25, 0.3) is 5.56 Å². The Labute approximate surface area is 121 Å². The normalized spacial score (nSPS) is 12.5. The van der Waals surface area contributed by atoms with Gasteiger partial charge in [-0.3, -0.25) is 4.79 Å².